The van der Waals surface area contributed by atoms with Crippen LogP contribution in [0.3, 0.4) is 0 Å². The molecule has 3 rings (SSSR count). The first kappa shape index (κ1) is 20.6. The van der Waals surface area contributed by atoms with E-state index in [1.807, 2.05) is 25.1 Å². The Bertz CT molecular complexity index is 887. The summed E-state index contributed by atoms with van der Waals surface area (Å²) in [5.41, 5.74) is 8.87. The quantitative estimate of drug-likeness (QED) is 0.541. The normalized spacial score (nSPS) is 12.5. The minimum Gasteiger partial charge on any atom is -0.324 e. The van der Waals surface area contributed by atoms with Crippen LogP contribution >= 0.6 is 24.2 Å². The Hall–Kier alpha value is -1.69. The van der Waals surface area contributed by atoms with Crippen LogP contribution in [0.25, 0.3) is 22.2 Å². The number of rotatable bonds is 2. The van der Waals surface area contributed by atoms with Gasteiger partial charge in [0.15, 0.2) is 0 Å². The number of thiol groups is 1. The lowest BCUT2D eigenvalue weighted by Gasteiger charge is -2.15. The summed E-state index contributed by atoms with van der Waals surface area (Å²) < 4.78 is 14.0. The zero-order chi connectivity index (χ0) is 19.5. The summed E-state index contributed by atoms with van der Waals surface area (Å²) in [7, 11) is 0. The van der Waals surface area contributed by atoms with E-state index in [1.54, 1.807) is 12.4 Å². The van der Waals surface area contributed by atoms with Crippen LogP contribution in [0.5, 0.6) is 0 Å². The Balaban J connectivity index is 0.000000431. The molecule has 0 radical (unpaired) electrons. The lowest BCUT2D eigenvalue weighted by Crippen LogP contribution is -2.08. The number of nitrogens with zero attached hydrogens (tertiary/aromatic N) is 2. The Labute approximate surface area is 164 Å². The third kappa shape index (κ3) is 5.40. The molecule has 3 aromatic rings. The molecule has 1 aromatic carbocycles. The predicted molar refractivity (Wildman–Crippen MR) is 111 cm³/mol. The van der Waals surface area contributed by atoms with Crippen molar-refractivity contribution in [3.05, 3.63) is 59.1 Å². The third-order valence-corrected chi connectivity index (χ3v) is 3.62. The van der Waals surface area contributed by atoms with Gasteiger partial charge < -0.3 is 5.73 Å². The lowest BCUT2D eigenvalue weighted by atomic mass is 9.96. The van der Waals surface area contributed by atoms with Crippen molar-refractivity contribution in [1.29, 1.82) is 0 Å². The van der Waals surface area contributed by atoms with Crippen molar-refractivity contribution in [2.45, 2.75) is 38.5 Å². The summed E-state index contributed by atoms with van der Waals surface area (Å²) in [5, 5.41) is 0.895. The van der Waals surface area contributed by atoms with Gasteiger partial charge in [-0.25, -0.2) is 4.39 Å². The van der Waals surface area contributed by atoms with Gasteiger partial charge in [-0.3, -0.25) is 9.97 Å². The summed E-state index contributed by atoms with van der Waals surface area (Å²) in [6.45, 7) is 8.01. The Morgan fingerprint density at radius 1 is 1.19 bits per heavy atom. The first-order valence-corrected chi connectivity index (χ1v) is 9.07. The maximum Gasteiger partial charge on any atom is 0.125 e. The van der Waals surface area contributed by atoms with Gasteiger partial charge in [0.2, 0.25) is 0 Å². The molecule has 0 bridgehead atoms. The monoisotopic (exact) mass is 391 g/mol. The standard InChI is InChI=1S/C16H13ClFN3.C4H10S/c1-9(19)12-8-21-16-11(6-10(18)7-13(16)17)15(12)14-4-2-3-5-20-14;1-4(2,3)5/h2-9H,19H2,1H3;5H,1-3H3. The molecular weight excluding hydrogens is 369 g/mol. The van der Waals surface area contributed by atoms with Crippen molar-refractivity contribution in [1.82, 2.24) is 9.97 Å². The molecule has 26 heavy (non-hydrogen) atoms. The first-order chi connectivity index (χ1) is 12.1. The zero-order valence-electron chi connectivity index (χ0n) is 15.3. The summed E-state index contributed by atoms with van der Waals surface area (Å²) in [4.78, 5) is 8.68. The van der Waals surface area contributed by atoms with E-state index in [9.17, 15) is 4.39 Å². The maximum atomic E-state index is 13.8. The highest BCUT2D eigenvalue weighted by molar-refractivity contribution is 7.81. The Morgan fingerprint density at radius 3 is 2.38 bits per heavy atom. The molecule has 6 heteroatoms. The van der Waals surface area contributed by atoms with Crippen molar-refractivity contribution in [2.75, 3.05) is 0 Å². The summed E-state index contributed by atoms with van der Waals surface area (Å²) in [6.07, 6.45) is 3.37. The van der Waals surface area contributed by atoms with Crippen molar-refractivity contribution < 1.29 is 4.39 Å². The topological polar surface area (TPSA) is 51.8 Å². The van der Waals surface area contributed by atoms with Gasteiger partial charge in [-0.2, -0.15) is 12.6 Å². The van der Waals surface area contributed by atoms with Gasteiger partial charge in [0, 0.05) is 34.1 Å². The fourth-order valence-electron chi connectivity index (χ4n) is 2.38. The predicted octanol–water partition coefficient (Wildman–Crippen LogP) is 5.82. The lowest BCUT2D eigenvalue weighted by molar-refractivity contribution is 0.629. The van der Waals surface area contributed by atoms with Crippen molar-refractivity contribution in [3.63, 3.8) is 0 Å². The molecule has 0 aliphatic heterocycles. The molecule has 0 aliphatic rings. The molecule has 0 fully saturated rings. The minimum atomic E-state index is -0.409. The summed E-state index contributed by atoms with van der Waals surface area (Å²) >= 11 is 10.2. The highest BCUT2D eigenvalue weighted by Crippen LogP contribution is 2.35. The van der Waals surface area contributed by atoms with E-state index >= 15 is 0 Å². The van der Waals surface area contributed by atoms with E-state index in [4.69, 9.17) is 17.3 Å². The van der Waals surface area contributed by atoms with Crippen LogP contribution in [-0.2, 0) is 0 Å². The molecule has 3 nitrogen and oxygen atoms in total. The van der Waals surface area contributed by atoms with Gasteiger partial charge in [0.1, 0.15) is 5.82 Å². The number of hydrogen-bond donors (Lipinski definition) is 2. The van der Waals surface area contributed by atoms with Crippen LogP contribution in [0, 0.1) is 5.82 Å². The van der Waals surface area contributed by atoms with Crippen LogP contribution in [0.2, 0.25) is 5.02 Å². The number of aromatic nitrogens is 2. The fourth-order valence-corrected chi connectivity index (χ4v) is 2.64. The van der Waals surface area contributed by atoms with E-state index in [1.165, 1.54) is 12.1 Å². The highest BCUT2D eigenvalue weighted by Gasteiger charge is 2.17. The number of halogens is 2. The molecule has 0 saturated heterocycles. The second-order valence-electron chi connectivity index (χ2n) is 7.05. The summed E-state index contributed by atoms with van der Waals surface area (Å²) in [5.74, 6) is -0.409. The zero-order valence-corrected chi connectivity index (χ0v) is 16.9. The van der Waals surface area contributed by atoms with E-state index in [-0.39, 0.29) is 15.8 Å². The first-order valence-electron chi connectivity index (χ1n) is 8.25. The molecular formula is C20H23ClFN3S. The smallest absolute Gasteiger partial charge is 0.125 e. The van der Waals surface area contributed by atoms with Crippen LogP contribution in [0.15, 0.2) is 42.7 Å². The number of benzene rings is 1. The van der Waals surface area contributed by atoms with Crippen LogP contribution < -0.4 is 5.73 Å². The SMILES string of the molecule is CC(C)(C)S.CC(N)c1cnc2c(Cl)cc(F)cc2c1-c1ccccn1. The van der Waals surface area contributed by atoms with E-state index in [2.05, 4.69) is 43.4 Å². The third-order valence-electron chi connectivity index (χ3n) is 3.33. The largest absolute Gasteiger partial charge is 0.324 e. The van der Waals surface area contributed by atoms with Gasteiger partial charge in [0.25, 0.3) is 0 Å². The molecule has 1 atom stereocenters. The second kappa shape index (κ2) is 8.33. The fraction of sp³-hybridized carbons (Fsp3) is 0.300. The average molecular weight is 392 g/mol. The van der Waals surface area contributed by atoms with E-state index in [0.717, 1.165) is 16.8 Å². The molecule has 1 unspecified atom stereocenters. The van der Waals surface area contributed by atoms with E-state index < -0.39 is 5.82 Å². The average Bonchev–Trinajstić information content (AvgIpc) is 2.52. The van der Waals surface area contributed by atoms with E-state index in [0.29, 0.717) is 10.9 Å². The number of pyridine rings is 2. The van der Waals surface area contributed by atoms with Crippen LogP contribution in [0.1, 0.15) is 39.3 Å². The number of hydrogen-bond acceptors (Lipinski definition) is 4. The van der Waals surface area contributed by atoms with Crippen molar-refractivity contribution >= 4 is 35.1 Å². The van der Waals surface area contributed by atoms with Crippen molar-refractivity contribution in [3.8, 4) is 11.3 Å². The van der Waals surface area contributed by atoms with Crippen LogP contribution in [-0.4, -0.2) is 14.7 Å². The van der Waals surface area contributed by atoms with Gasteiger partial charge in [-0.05, 0) is 36.8 Å². The Kier molecular flexibility index (Phi) is 6.61. The maximum absolute atomic E-state index is 13.8. The molecule has 0 aliphatic carbocycles. The Morgan fingerprint density at radius 2 is 1.85 bits per heavy atom. The second-order valence-corrected chi connectivity index (χ2v) is 8.80. The molecule has 2 heterocycles. The summed E-state index contributed by atoms with van der Waals surface area (Å²) in [6, 6.07) is 7.99. The van der Waals surface area contributed by atoms with Gasteiger partial charge in [-0.15, -0.1) is 0 Å². The van der Waals surface area contributed by atoms with Crippen LogP contribution in [0.4, 0.5) is 4.39 Å². The molecule has 2 N–H and O–H groups in total. The molecule has 0 spiro atoms. The molecule has 0 amide bonds. The molecule has 2 aromatic heterocycles. The van der Waals surface area contributed by atoms with Gasteiger partial charge in [0.05, 0.1) is 16.2 Å². The number of fused-ring (bicyclic) bond motifs is 1. The minimum absolute atomic E-state index is 0.194. The van der Waals surface area contributed by atoms with Gasteiger partial charge in [-0.1, -0.05) is 38.4 Å². The molecule has 0 saturated carbocycles. The number of nitrogens with two attached hydrogens (primary N) is 1. The van der Waals surface area contributed by atoms with Gasteiger partial charge >= 0.3 is 0 Å². The van der Waals surface area contributed by atoms with Crippen molar-refractivity contribution in [2.24, 2.45) is 5.73 Å². The molecule has 138 valence electrons. The highest BCUT2D eigenvalue weighted by atomic mass is 35.5.